The molecule has 0 radical (unpaired) electrons. The molecule has 0 aliphatic carbocycles. The maximum Gasteiger partial charge on any atom is 0.133 e. The van der Waals surface area contributed by atoms with Crippen molar-refractivity contribution in [2.24, 2.45) is 0 Å². The van der Waals surface area contributed by atoms with Crippen LogP contribution < -0.4 is 10.6 Å². The summed E-state index contributed by atoms with van der Waals surface area (Å²) in [5.74, 6) is 0.827. The molecule has 16 heavy (non-hydrogen) atoms. The third-order valence-electron chi connectivity index (χ3n) is 2.70. The number of hydrogen-bond acceptors (Lipinski definition) is 4. The summed E-state index contributed by atoms with van der Waals surface area (Å²) >= 11 is 5.90. The molecule has 0 amide bonds. The number of nitrogen functional groups attached to an aromatic ring is 1. The number of rotatable bonds is 1. The summed E-state index contributed by atoms with van der Waals surface area (Å²) < 4.78 is 5.57. The molecule has 2 atom stereocenters. The highest BCUT2D eigenvalue weighted by molar-refractivity contribution is 6.29. The number of halogens is 1. The Morgan fingerprint density at radius 3 is 2.94 bits per heavy atom. The molecule has 1 aliphatic rings. The first-order valence-electron chi connectivity index (χ1n) is 5.37. The lowest BCUT2D eigenvalue weighted by Gasteiger charge is -2.37. The Morgan fingerprint density at radius 2 is 2.25 bits per heavy atom. The highest BCUT2D eigenvalue weighted by atomic mass is 35.5. The van der Waals surface area contributed by atoms with Crippen LogP contribution in [0.2, 0.25) is 5.15 Å². The second-order valence-corrected chi connectivity index (χ2v) is 4.61. The Labute approximate surface area is 100 Å². The number of pyridine rings is 1. The fourth-order valence-electron chi connectivity index (χ4n) is 1.87. The van der Waals surface area contributed by atoms with Gasteiger partial charge in [-0.05, 0) is 19.9 Å². The van der Waals surface area contributed by atoms with E-state index in [9.17, 15) is 0 Å². The predicted molar refractivity (Wildman–Crippen MR) is 65.9 cm³/mol. The first-order chi connectivity index (χ1) is 7.56. The molecule has 2 rings (SSSR count). The van der Waals surface area contributed by atoms with Crippen LogP contribution in [-0.2, 0) is 4.74 Å². The van der Waals surface area contributed by atoms with Gasteiger partial charge in [0.1, 0.15) is 11.0 Å². The molecular formula is C11H16ClN3O. The van der Waals surface area contributed by atoms with Crippen molar-refractivity contribution >= 4 is 23.1 Å². The number of anilines is 2. The smallest absolute Gasteiger partial charge is 0.133 e. The summed E-state index contributed by atoms with van der Waals surface area (Å²) in [5, 5.41) is 0.432. The van der Waals surface area contributed by atoms with E-state index in [-0.39, 0.29) is 6.10 Å². The van der Waals surface area contributed by atoms with Gasteiger partial charge < -0.3 is 15.4 Å². The summed E-state index contributed by atoms with van der Waals surface area (Å²) in [5.41, 5.74) is 6.40. The van der Waals surface area contributed by atoms with Crippen LogP contribution in [0.25, 0.3) is 0 Å². The van der Waals surface area contributed by atoms with Crippen LogP contribution in [0.4, 0.5) is 11.5 Å². The number of morpholine rings is 1. The van der Waals surface area contributed by atoms with E-state index in [1.54, 1.807) is 6.07 Å². The Bertz CT molecular complexity index is 365. The molecule has 0 saturated carbocycles. The second-order valence-electron chi connectivity index (χ2n) is 4.23. The average Bonchev–Trinajstić information content (AvgIpc) is 2.20. The van der Waals surface area contributed by atoms with E-state index in [0.717, 1.165) is 12.4 Å². The van der Waals surface area contributed by atoms with Gasteiger partial charge in [-0.25, -0.2) is 4.98 Å². The van der Waals surface area contributed by atoms with Gasteiger partial charge in [0.05, 0.1) is 18.8 Å². The lowest BCUT2D eigenvalue weighted by atomic mass is 10.2. The third kappa shape index (κ3) is 2.39. The van der Waals surface area contributed by atoms with Crippen molar-refractivity contribution < 1.29 is 4.74 Å². The molecule has 2 N–H and O–H groups in total. The van der Waals surface area contributed by atoms with Gasteiger partial charge >= 0.3 is 0 Å². The van der Waals surface area contributed by atoms with E-state index in [2.05, 4.69) is 16.8 Å². The molecule has 1 aliphatic heterocycles. The van der Waals surface area contributed by atoms with Crippen LogP contribution >= 0.6 is 11.6 Å². The van der Waals surface area contributed by atoms with E-state index < -0.39 is 0 Å². The summed E-state index contributed by atoms with van der Waals surface area (Å²) in [4.78, 5) is 6.48. The zero-order valence-electron chi connectivity index (χ0n) is 9.48. The molecule has 0 aromatic carbocycles. The van der Waals surface area contributed by atoms with Crippen LogP contribution in [0.1, 0.15) is 13.8 Å². The number of nitrogens with two attached hydrogens (primary N) is 1. The molecule has 1 aromatic rings. The number of aromatic nitrogens is 1. The zero-order chi connectivity index (χ0) is 11.7. The minimum atomic E-state index is 0.207. The fraction of sp³-hybridized carbons (Fsp3) is 0.545. The van der Waals surface area contributed by atoms with Crippen LogP contribution in [-0.4, -0.2) is 30.3 Å². The first kappa shape index (κ1) is 11.5. The zero-order valence-corrected chi connectivity index (χ0v) is 10.2. The maximum absolute atomic E-state index is 5.90. The molecule has 88 valence electrons. The highest BCUT2D eigenvalue weighted by Gasteiger charge is 2.24. The van der Waals surface area contributed by atoms with Gasteiger partial charge in [-0.3, -0.25) is 0 Å². The van der Waals surface area contributed by atoms with E-state index >= 15 is 0 Å². The summed E-state index contributed by atoms with van der Waals surface area (Å²) in [6.45, 7) is 5.67. The van der Waals surface area contributed by atoms with Gasteiger partial charge in [-0.1, -0.05) is 11.6 Å². The molecular weight excluding hydrogens is 226 g/mol. The van der Waals surface area contributed by atoms with Gasteiger partial charge in [-0.15, -0.1) is 0 Å². The van der Waals surface area contributed by atoms with Crippen molar-refractivity contribution in [2.45, 2.75) is 26.0 Å². The van der Waals surface area contributed by atoms with Crippen molar-refractivity contribution in [3.05, 3.63) is 17.3 Å². The lowest BCUT2D eigenvalue weighted by molar-refractivity contribution is 0.0340. The second kappa shape index (κ2) is 4.47. The van der Waals surface area contributed by atoms with Gasteiger partial charge in [-0.2, -0.15) is 0 Å². The monoisotopic (exact) mass is 241 g/mol. The Hall–Kier alpha value is -1.00. The number of ether oxygens (including phenoxy) is 1. The highest BCUT2D eigenvalue weighted by Crippen LogP contribution is 2.24. The average molecular weight is 242 g/mol. The molecule has 0 bridgehead atoms. The van der Waals surface area contributed by atoms with Crippen molar-refractivity contribution in [2.75, 3.05) is 23.8 Å². The van der Waals surface area contributed by atoms with E-state index in [1.165, 1.54) is 0 Å². The summed E-state index contributed by atoms with van der Waals surface area (Å²) in [7, 11) is 0. The Balaban J connectivity index is 2.27. The van der Waals surface area contributed by atoms with Crippen molar-refractivity contribution in [1.29, 1.82) is 0 Å². The van der Waals surface area contributed by atoms with Gasteiger partial charge in [0.25, 0.3) is 0 Å². The molecule has 2 unspecified atom stereocenters. The van der Waals surface area contributed by atoms with E-state index in [4.69, 9.17) is 22.1 Å². The lowest BCUT2D eigenvalue weighted by Crippen LogP contribution is -2.47. The number of nitrogens with zero attached hydrogens (tertiary/aromatic N) is 2. The largest absolute Gasteiger partial charge is 0.399 e. The van der Waals surface area contributed by atoms with E-state index in [0.29, 0.717) is 23.5 Å². The van der Waals surface area contributed by atoms with E-state index in [1.807, 2.05) is 13.0 Å². The van der Waals surface area contributed by atoms with Crippen molar-refractivity contribution in [3.63, 3.8) is 0 Å². The summed E-state index contributed by atoms with van der Waals surface area (Å²) in [6, 6.07) is 3.79. The van der Waals surface area contributed by atoms with Crippen molar-refractivity contribution in [1.82, 2.24) is 4.98 Å². The Kier molecular flexibility index (Phi) is 3.21. The van der Waals surface area contributed by atoms with Crippen LogP contribution in [0.5, 0.6) is 0 Å². The van der Waals surface area contributed by atoms with Crippen LogP contribution in [0, 0.1) is 0 Å². The number of hydrogen-bond donors (Lipinski definition) is 1. The standard InChI is InChI=1S/C11H16ClN3O/c1-7-6-16-8(2)5-15(7)11-4-9(13)3-10(12)14-11/h3-4,7-8H,5-6H2,1-2H3,(H2,13,14). The molecule has 1 aromatic heterocycles. The van der Waals surface area contributed by atoms with Gasteiger partial charge in [0.15, 0.2) is 0 Å². The topological polar surface area (TPSA) is 51.4 Å². The summed E-state index contributed by atoms with van der Waals surface area (Å²) in [6.07, 6.45) is 0.207. The predicted octanol–water partition coefficient (Wildman–Crippen LogP) is 1.93. The molecule has 5 heteroatoms. The molecule has 0 spiro atoms. The Morgan fingerprint density at radius 1 is 1.50 bits per heavy atom. The molecule has 1 saturated heterocycles. The van der Waals surface area contributed by atoms with Gasteiger partial charge in [0, 0.05) is 18.3 Å². The third-order valence-corrected chi connectivity index (χ3v) is 2.90. The first-order valence-corrected chi connectivity index (χ1v) is 5.75. The normalized spacial score (nSPS) is 25.8. The SMILES string of the molecule is CC1CN(c2cc(N)cc(Cl)n2)C(C)CO1. The quantitative estimate of drug-likeness (QED) is 0.764. The maximum atomic E-state index is 5.90. The fourth-order valence-corrected chi connectivity index (χ4v) is 2.08. The molecule has 4 nitrogen and oxygen atoms in total. The van der Waals surface area contributed by atoms with Crippen LogP contribution in [0.15, 0.2) is 12.1 Å². The van der Waals surface area contributed by atoms with Gasteiger partial charge in [0.2, 0.25) is 0 Å². The minimum absolute atomic E-state index is 0.207. The minimum Gasteiger partial charge on any atom is -0.399 e. The van der Waals surface area contributed by atoms with Crippen LogP contribution in [0.3, 0.4) is 0 Å². The van der Waals surface area contributed by atoms with Crippen molar-refractivity contribution in [3.8, 4) is 0 Å². The molecule has 1 fully saturated rings. The molecule has 2 heterocycles.